The van der Waals surface area contributed by atoms with E-state index < -0.39 is 11.7 Å². The second-order valence-corrected chi connectivity index (χ2v) is 9.57. The Morgan fingerprint density at radius 3 is 2.37 bits per heavy atom. The van der Waals surface area contributed by atoms with Crippen molar-refractivity contribution in [2.45, 2.75) is 57.3 Å². The minimum Gasteiger partial charge on any atom is -0.322 e. The van der Waals surface area contributed by atoms with Gasteiger partial charge < -0.3 is 5.32 Å². The van der Waals surface area contributed by atoms with Gasteiger partial charge in [0.15, 0.2) is 0 Å². The van der Waals surface area contributed by atoms with Crippen LogP contribution in [0.5, 0.6) is 0 Å². The van der Waals surface area contributed by atoms with Gasteiger partial charge in [-0.15, -0.1) is 0 Å². The van der Waals surface area contributed by atoms with Crippen molar-refractivity contribution in [2.75, 3.05) is 11.9 Å². The van der Waals surface area contributed by atoms with Crippen LogP contribution in [0.1, 0.15) is 59.2 Å². The summed E-state index contributed by atoms with van der Waals surface area (Å²) < 4.78 is 38.8. The third kappa shape index (κ3) is 5.27. The maximum atomic E-state index is 13.2. The molecule has 182 valence electrons. The highest BCUT2D eigenvalue weighted by Crippen LogP contribution is 2.33. The van der Waals surface area contributed by atoms with Crippen LogP contribution in [-0.2, 0) is 19.1 Å². The van der Waals surface area contributed by atoms with Crippen LogP contribution in [0, 0.1) is 0 Å². The summed E-state index contributed by atoms with van der Waals surface area (Å²) in [6, 6.07) is 18.7. The van der Waals surface area contributed by atoms with Gasteiger partial charge in [-0.3, -0.25) is 9.69 Å². The molecule has 6 heteroatoms. The molecular weight excluding hydrogens is 449 g/mol. The minimum atomic E-state index is -4.39. The van der Waals surface area contributed by atoms with Gasteiger partial charge in [0.2, 0.25) is 0 Å². The number of hydrogen-bond donors (Lipinski definition) is 1. The zero-order chi connectivity index (χ0) is 24.4. The number of benzene rings is 3. The molecule has 1 amide bonds. The molecule has 3 nitrogen and oxygen atoms in total. The van der Waals surface area contributed by atoms with E-state index in [4.69, 9.17) is 0 Å². The maximum Gasteiger partial charge on any atom is 0.416 e. The third-order valence-corrected chi connectivity index (χ3v) is 7.29. The van der Waals surface area contributed by atoms with Crippen molar-refractivity contribution in [2.24, 2.45) is 0 Å². The molecule has 0 spiro atoms. The number of nitrogens with one attached hydrogen (secondary N) is 1. The Balaban J connectivity index is 1.31. The summed E-state index contributed by atoms with van der Waals surface area (Å²) in [5, 5.41) is 3.00. The largest absolute Gasteiger partial charge is 0.416 e. The summed E-state index contributed by atoms with van der Waals surface area (Å²) in [4.78, 5) is 15.8. The number of hydrogen-bond acceptors (Lipinski definition) is 2. The summed E-state index contributed by atoms with van der Waals surface area (Å²) in [6.07, 6.45) is 3.17. The minimum absolute atomic E-state index is 0.278. The van der Waals surface area contributed by atoms with Crippen LogP contribution in [0.4, 0.5) is 18.9 Å². The number of carbonyl (C=O) groups excluding carboxylic acids is 1. The first-order valence-electron chi connectivity index (χ1n) is 12.3. The van der Waals surface area contributed by atoms with E-state index in [0.717, 1.165) is 37.3 Å². The average Bonchev–Trinajstić information content (AvgIpc) is 2.88. The maximum absolute atomic E-state index is 13.2. The predicted octanol–water partition coefficient (Wildman–Crippen LogP) is 7.32. The highest BCUT2D eigenvalue weighted by molar-refractivity contribution is 6.08. The molecule has 3 aromatic carbocycles. The lowest BCUT2D eigenvalue weighted by Crippen LogP contribution is -2.40. The van der Waals surface area contributed by atoms with Crippen LogP contribution in [0.25, 0.3) is 11.1 Å². The first-order valence-corrected chi connectivity index (χ1v) is 12.3. The fourth-order valence-corrected chi connectivity index (χ4v) is 5.38. The number of rotatable bonds is 4. The summed E-state index contributed by atoms with van der Waals surface area (Å²) in [5.74, 6) is -0.278. The molecule has 1 saturated carbocycles. The Morgan fingerprint density at radius 1 is 0.886 bits per heavy atom. The number of fused-ring (bicyclic) bond motifs is 1. The molecule has 1 aliphatic heterocycles. The van der Waals surface area contributed by atoms with E-state index in [-0.39, 0.29) is 5.91 Å². The molecule has 1 aliphatic carbocycles. The number of carbonyl (C=O) groups is 1. The van der Waals surface area contributed by atoms with Crippen molar-refractivity contribution in [1.82, 2.24) is 4.90 Å². The zero-order valence-corrected chi connectivity index (χ0v) is 19.6. The van der Waals surface area contributed by atoms with E-state index in [9.17, 15) is 18.0 Å². The lowest BCUT2D eigenvalue weighted by molar-refractivity contribution is -0.137. The molecule has 1 N–H and O–H groups in total. The quantitative estimate of drug-likeness (QED) is 0.426. The van der Waals surface area contributed by atoms with Crippen LogP contribution < -0.4 is 5.32 Å². The number of alkyl halides is 3. The van der Waals surface area contributed by atoms with Gasteiger partial charge in [0, 0.05) is 30.4 Å². The van der Waals surface area contributed by atoms with Crippen molar-refractivity contribution in [1.29, 1.82) is 0 Å². The number of amides is 1. The van der Waals surface area contributed by atoms with Gasteiger partial charge in [0.1, 0.15) is 0 Å². The topological polar surface area (TPSA) is 32.3 Å². The fourth-order valence-electron chi connectivity index (χ4n) is 5.38. The Morgan fingerprint density at radius 2 is 1.63 bits per heavy atom. The third-order valence-electron chi connectivity index (χ3n) is 7.29. The SMILES string of the molecule is O=C(Nc1ccc2c(c1)CCN(C1CCCCC1)C2)c1ccccc1-c1ccc(C(F)(F)F)cc1. The molecule has 35 heavy (non-hydrogen) atoms. The monoisotopic (exact) mass is 478 g/mol. The molecule has 0 unspecified atom stereocenters. The molecule has 2 aliphatic rings. The van der Waals surface area contributed by atoms with Crippen molar-refractivity contribution < 1.29 is 18.0 Å². The van der Waals surface area contributed by atoms with E-state index in [0.29, 0.717) is 22.7 Å². The van der Waals surface area contributed by atoms with E-state index in [1.807, 2.05) is 6.07 Å². The van der Waals surface area contributed by atoms with E-state index in [1.165, 1.54) is 55.4 Å². The molecule has 3 aromatic rings. The second-order valence-electron chi connectivity index (χ2n) is 9.57. The van der Waals surface area contributed by atoms with Gasteiger partial charge in [-0.1, -0.05) is 55.7 Å². The van der Waals surface area contributed by atoms with Crippen LogP contribution in [0.15, 0.2) is 66.7 Å². The lowest BCUT2D eigenvalue weighted by Gasteiger charge is -2.37. The van der Waals surface area contributed by atoms with Gasteiger partial charge in [-0.25, -0.2) is 0 Å². The van der Waals surface area contributed by atoms with Gasteiger partial charge in [-0.2, -0.15) is 13.2 Å². The average molecular weight is 479 g/mol. The summed E-state index contributed by atoms with van der Waals surface area (Å²) in [6.45, 7) is 2.01. The van der Waals surface area contributed by atoms with Gasteiger partial charge in [-0.05, 0) is 71.8 Å². The summed E-state index contributed by atoms with van der Waals surface area (Å²) >= 11 is 0. The molecule has 0 saturated heterocycles. The van der Waals surface area contributed by atoms with Crippen molar-refractivity contribution in [3.8, 4) is 11.1 Å². The van der Waals surface area contributed by atoms with E-state index >= 15 is 0 Å². The molecule has 1 fully saturated rings. The fraction of sp³-hybridized carbons (Fsp3) is 0.345. The predicted molar refractivity (Wildman–Crippen MR) is 132 cm³/mol. The molecule has 1 heterocycles. The lowest BCUT2D eigenvalue weighted by atomic mass is 9.91. The Hall–Kier alpha value is -3.12. The molecule has 0 aromatic heterocycles. The van der Waals surface area contributed by atoms with Gasteiger partial charge in [0.05, 0.1) is 5.56 Å². The first-order chi connectivity index (χ1) is 16.9. The Kier molecular flexibility index (Phi) is 6.65. The van der Waals surface area contributed by atoms with Crippen LogP contribution in [0.2, 0.25) is 0 Å². The number of halogens is 3. The highest BCUT2D eigenvalue weighted by Gasteiger charge is 2.30. The van der Waals surface area contributed by atoms with Crippen LogP contribution >= 0.6 is 0 Å². The van der Waals surface area contributed by atoms with Crippen molar-refractivity contribution in [3.05, 3.63) is 89.0 Å². The van der Waals surface area contributed by atoms with Gasteiger partial charge in [0.25, 0.3) is 5.91 Å². The Labute approximate surface area is 204 Å². The molecular formula is C29H29F3N2O. The van der Waals surface area contributed by atoms with E-state index in [2.05, 4.69) is 22.3 Å². The van der Waals surface area contributed by atoms with Gasteiger partial charge >= 0.3 is 6.18 Å². The first kappa shape index (κ1) is 23.6. The van der Waals surface area contributed by atoms with E-state index in [1.54, 1.807) is 24.3 Å². The number of nitrogens with zero attached hydrogens (tertiary/aromatic N) is 1. The summed E-state index contributed by atoms with van der Waals surface area (Å²) in [5.41, 5.74) is 4.21. The van der Waals surface area contributed by atoms with Crippen LogP contribution in [-0.4, -0.2) is 23.4 Å². The molecule has 0 atom stereocenters. The van der Waals surface area contributed by atoms with Crippen molar-refractivity contribution in [3.63, 3.8) is 0 Å². The summed E-state index contributed by atoms with van der Waals surface area (Å²) in [7, 11) is 0. The zero-order valence-electron chi connectivity index (χ0n) is 19.6. The normalized spacial score (nSPS) is 17.1. The number of anilines is 1. The van der Waals surface area contributed by atoms with Crippen molar-refractivity contribution >= 4 is 11.6 Å². The molecule has 5 rings (SSSR count). The molecule has 0 radical (unpaired) electrons. The highest BCUT2D eigenvalue weighted by atomic mass is 19.4. The van der Waals surface area contributed by atoms with Crippen LogP contribution in [0.3, 0.4) is 0 Å². The second kappa shape index (κ2) is 9.86. The smallest absolute Gasteiger partial charge is 0.322 e. The standard InChI is InChI=1S/C29H29F3N2O/c30-29(31,32)23-13-10-20(11-14-23)26-8-4-5-9-27(26)28(35)33-24-15-12-22-19-34(17-16-21(22)18-24)25-6-2-1-3-7-25/h4-5,8-15,18,25H,1-3,6-7,16-17,19H2,(H,33,35). The Bertz CT molecular complexity index is 1200. The molecule has 0 bridgehead atoms.